The molecule has 5 fully saturated rings. The lowest BCUT2D eigenvalue weighted by Crippen LogP contribution is -2.64. The molecule has 4 atom stereocenters. The van der Waals surface area contributed by atoms with Gasteiger partial charge in [-0.2, -0.15) is 0 Å². The van der Waals surface area contributed by atoms with Crippen molar-refractivity contribution in [3.8, 4) is 0 Å². The van der Waals surface area contributed by atoms with Crippen LogP contribution in [0.3, 0.4) is 0 Å². The highest BCUT2D eigenvalue weighted by molar-refractivity contribution is 7.88. The van der Waals surface area contributed by atoms with Crippen molar-refractivity contribution in [3.05, 3.63) is 0 Å². The van der Waals surface area contributed by atoms with Crippen molar-refractivity contribution in [2.45, 2.75) is 76.4 Å². The minimum atomic E-state index is -3.20. The summed E-state index contributed by atoms with van der Waals surface area (Å²) in [5, 5.41) is 11.1. The second-order valence-corrected chi connectivity index (χ2v) is 11.6. The number of carbonyl (C=O) groups is 1. The normalized spacial score (nSPS) is 43.0. The number of nitrogens with zero attached hydrogens (tertiary/aromatic N) is 1. The summed E-state index contributed by atoms with van der Waals surface area (Å²) in [6, 6.07) is -0.0726. The van der Waals surface area contributed by atoms with Gasteiger partial charge in [0.1, 0.15) is 0 Å². The third kappa shape index (κ3) is 3.20. The van der Waals surface area contributed by atoms with Gasteiger partial charge in [-0.1, -0.05) is 13.3 Å². The van der Waals surface area contributed by atoms with Gasteiger partial charge >= 0.3 is 0 Å². The second-order valence-electron chi connectivity index (χ2n) is 9.82. The standard InChI is InChI=1S/C19H32N2O4S/c1-3-17-8-14-9-18(11-17,13-19(23,10-14)12-17)16(22)21-6-4-15(5-7-21)20-26(2,24)25/h14-15,20,23H,3-13H2,1-2H3. The fourth-order valence-electron chi connectivity index (χ4n) is 7.06. The summed E-state index contributed by atoms with van der Waals surface area (Å²) in [7, 11) is -3.20. The molecule has 7 heteroatoms. The van der Waals surface area contributed by atoms with Gasteiger partial charge in [0, 0.05) is 19.1 Å². The van der Waals surface area contributed by atoms with Crippen LogP contribution >= 0.6 is 0 Å². The van der Waals surface area contributed by atoms with E-state index in [9.17, 15) is 18.3 Å². The van der Waals surface area contributed by atoms with E-state index in [-0.39, 0.29) is 22.8 Å². The Morgan fingerprint density at radius 1 is 1.15 bits per heavy atom. The Morgan fingerprint density at radius 2 is 1.85 bits per heavy atom. The number of rotatable bonds is 4. The van der Waals surface area contributed by atoms with E-state index in [1.165, 1.54) is 12.7 Å². The fourth-order valence-corrected chi connectivity index (χ4v) is 7.90. The predicted molar refractivity (Wildman–Crippen MR) is 98.9 cm³/mol. The Balaban J connectivity index is 1.49. The fraction of sp³-hybridized carbons (Fsp3) is 0.947. The number of aliphatic hydroxyl groups is 1. The zero-order valence-electron chi connectivity index (χ0n) is 16.0. The first-order valence-electron chi connectivity index (χ1n) is 10.1. The lowest BCUT2D eigenvalue weighted by molar-refractivity contribution is -0.210. The Morgan fingerprint density at radius 3 is 2.42 bits per heavy atom. The van der Waals surface area contributed by atoms with Crippen molar-refractivity contribution >= 4 is 15.9 Å². The molecule has 1 aliphatic heterocycles. The molecule has 0 aromatic rings. The van der Waals surface area contributed by atoms with Crippen molar-refractivity contribution in [1.29, 1.82) is 0 Å². The van der Waals surface area contributed by atoms with Crippen LogP contribution in [-0.4, -0.2) is 55.3 Å². The molecule has 1 amide bonds. The molecule has 4 unspecified atom stereocenters. The number of amides is 1. The van der Waals surface area contributed by atoms with Crippen molar-refractivity contribution in [1.82, 2.24) is 9.62 Å². The molecule has 4 bridgehead atoms. The molecule has 4 aliphatic carbocycles. The van der Waals surface area contributed by atoms with Gasteiger partial charge in [0.15, 0.2) is 0 Å². The third-order valence-electron chi connectivity index (χ3n) is 7.52. The highest BCUT2D eigenvalue weighted by Gasteiger charge is 2.65. The largest absolute Gasteiger partial charge is 0.390 e. The zero-order chi connectivity index (χ0) is 18.8. The molecule has 0 aromatic carbocycles. The van der Waals surface area contributed by atoms with Gasteiger partial charge in [-0.25, -0.2) is 13.1 Å². The van der Waals surface area contributed by atoms with Crippen LogP contribution in [0.4, 0.5) is 0 Å². The maximum atomic E-state index is 13.5. The van der Waals surface area contributed by atoms with E-state index in [0.717, 1.165) is 32.1 Å². The van der Waals surface area contributed by atoms with E-state index in [0.29, 0.717) is 38.3 Å². The maximum absolute atomic E-state index is 13.5. The summed E-state index contributed by atoms with van der Waals surface area (Å²) in [5.41, 5.74) is -0.900. The minimum Gasteiger partial charge on any atom is -0.390 e. The summed E-state index contributed by atoms with van der Waals surface area (Å²) >= 11 is 0. The Bertz CT molecular complexity index is 702. The molecule has 0 spiro atoms. The van der Waals surface area contributed by atoms with Crippen molar-refractivity contribution in [3.63, 3.8) is 0 Å². The molecule has 1 saturated heterocycles. The number of piperidine rings is 1. The van der Waals surface area contributed by atoms with Gasteiger partial charge in [0.2, 0.25) is 15.9 Å². The molecule has 5 aliphatic rings. The monoisotopic (exact) mass is 384 g/mol. The van der Waals surface area contributed by atoms with Crippen LogP contribution in [0, 0.1) is 16.7 Å². The summed E-state index contributed by atoms with van der Waals surface area (Å²) in [6.45, 7) is 3.42. The molecular formula is C19H32N2O4S. The molecule has 26 heavy (non-hydrogen) atoms. The van der Waals surface area contributed by atoms with Crippen molar-refractivity contribution in [2.24, 2.45) is 16.7 Å². The van der Waals surface area contributed by atoms with E-state index in [1.807, 2.05) is 4.90 Å². The second kappa shape index (κ2) is 5.92. The quantitative estimate of drug-likeness (QED) is 0.771. The maximum Gasteiger partial charge on any atom is 0.228 e. The van der Waals surface area contributed by atoms with Crippen molar-refractivity contribution in [2.75, 3.05) is 19.3 Å². The van der Waals surface area contributed by atoms with Crippen LogP contribution in [0.25, 0.3) is 0 Å². The van der Waals surface area contributed by atoms with E-state index in [1.54, 1.807) is 0 Å². The summed E-state index contributed by atoms with van der Waals surface area (Å²) in [6.07, 6.45) is 8.94. The average Bonchev–Trinajstić information content (AvgIpc) is 2.51. The molecule has 6 nitrogen and oxygen atoms in total. The van der Waals surface area contributed by atoms with Gasteiger partial charge in [-0.05, 0) is 62.7 Å². The van der Waals surface area contributed by atoms with Crippen LogP contribution in [0.2, 0.25) is 0 Å². The van der Waals surface area contributed by atoms with Crippen LogP contribution in [0.1, 0.15) is 64.7 Å². The first-order valence-corrected chi connectivity index (χ1v) is 11.9. The average molecular weight is 385 g/mol. The van der Waals surface area contributed by atoms with Crippen LogP contribution < -0.4 is 4.72 Å². The number of likely N-dealkylation sites (tertiary alicyclic amines) is 1. The molecular weight excluding hydrogens is 352 g/mol. The first kappa shape index (κ1) is 18.7. The van der Waals surface area contributed by atoms with E-state index in [2.05, 4.69) is 11.6 Å². The molecule has 1 heterocycles. The van der Waals surface area contributed by atoms with Gasteiger partial charge in [-0.3, -0.25) is 4.79 Å². The van der Waals surface area contributed by atoms with Gasteiger partial charge in [0.25, 0.3) is 0 Å². The van der Waals surface area contributed by atoms with Gasteiger partial charge < -0.3 is 10.0 Å². The summed E-state index contributed by atoms with van der Waals surface area (Å²) < 4.78 is 25.5. The van der Waals surface area contributed by atoms with E-state index >= 15 is 0 Å². The lowest BCUT2D eigenvalue weighted by atomic mass is 9.42. The number of carbonyl (C=O) groups excluding carboxylic acids is 1. The number of hydrogen-bond acceptors (Lipinski definition) is 4. The number of nitrogens with one attached hydrogen (secondary N) is 1. The number of sulfonamides is 1. The minimum absolute atomic E-state index is 0.0726. The zero-order valence-corrected chi connectivity index (χ0v) is 16.8. The SMILES string of the molecule is CCC12CC3CC(O)(C1)CC(C(=O)N1CCC(NS(C)(=O)=O)CC1)(C3)C2. The van der Waals surface area contributed by atoms with Crippen molar-refractivity contribution < 1.29 is 18.3 Å². The molecule has 0 aromatic heterocycles. The molecule has 4 saturated carbocycles. The molecule has 148 valence electrons. The molecule has 5 rings (SSSR count). The Hall–Kier alpha value is -0.660. The predicted octanol–water partition coefficient (Wildman–Crippen LogP) is 1.64. The van der Waals surface area contributed by atoms with E-state index < -0.39 is 15.6 Å². The number of hydrogen-bond donors (Lipinski definition) is 2. The summed E-state index contributed by atoms with van der Waals surface area (Å²) in [5.74, 6) is 0.695. The summed E-state index contributed by atoms with van der Waals surface area (Å²) in [4.78, 5) is 15.5. The van der Waals surface area contributed by atoms with Crippen LogP contribution in [-0.2, 0) is 14.8 Å². The third-order valence-corrected chi connectivity index (χ3v) is 8.28. The molecule has 0 radical (unpaired) electrons. The Kier molecular flexibility index (Phi) is 4.25. The topological polar surface area (TPSA) is 86.7 Å². The Labute approximate surface area is 156 Å². The highest BCUT2D eigenvalue weighted by atomic mass is 32.2. The smallest absolute Gasteiger partial charge is 0.228 e. The van der Waals surface area contributed by atoms with Crippen LogP contribution in [0.5, 0.6) is 0 Å². The van der Waals surface area contributed by atoms with Gasteiger partial charge in [0.05, 0.1) is 17.3 Å². The van der Waals surface area contributed by atoms with Crippen LogP contribution in [0.15, 0.2) is 0 Å². The lowest BCUT2D eigenvalue weighted by Gasteiger charge is -2.65. The molecule has 2 N–H and O–H groups in total. The van der Waals surface area contributed by atoms with Gasteiger partial charge in [-0.15, -0.1) is 0 Å². The van der Waals surface area contributed by atoms with E-state index in [4.69, 9.17) is 0 Å². The first-order chi connectivity index (χ1) is 12.1. The highest BCUT2D eigenvalue weighted by Crippen LogP contribution is 2.68.